The number of guanidine groups is 1. The fourth-order valence-corrected chi connectivity index (χ4v) is 2.48. The van der Waals surface area contributed by atoms with Crippen LogP contribution in [0.4, 0.5) is 0 Å². The van der Waals surface area contributed by atoms with Crippen molar-refractivity contribution in [1.82, 2.24) is 30.8 Å². The summed E-state index contributed by atoms with van der Waals surface area (Å²) in [4.78, 5) is 12.7. The summed E-state index contributed by atoms with van der Waals surface area (Å²) in [6.07, 6.45) is 3.28. The lowest BCUT2D eigenvalue weighted by atomic mass is 9.94. The van der Waals surface area contributed by atoms with Crippen LogP contribution in [0.25, 0.3) is 11.4 Å². The average Bonchev–Trinajstić information content (AvgIpc) is 3.34. The number of aromatic nitrogens is 4. The summed E-state index contributed by atoms with van der Waals surface area (Å²) in [7, 11) is 1.73. The zero-order valence-electron chi connectivity index (χ0n) is 16.1. The van der Waals surface area contributed by atoms with Gasteiger partial charge in [0.2, 0.25) is 5.89 Å². The third-order valence-corrected chi connectivity index (χ3v) is 4.00. The van der Waals surface area contributed by atoms with Crippen LogP contribution in [0, 0.1) is 0 Å². The molecule has 0 saturated heterocycles. The summed E-state index contributed by atoms with van der Waals surface area (Å²) in [6, 6.07) is 8.09. The van der Waals surface area contributed by atoms with E-state index in [1.165, 1.54) is 6.33 Å². The fraction of sp³-hybridized carbons (Fsp3) is 0.368. The fourth-order valence-electron chi connectivity index (χ4n) is 2.48. The molecule has 3 aromatic rings. The minimum Gasteiger partial charge on any atom is -0.443 e. The number of aromatic amines is 1. The minimum absolute atomic E-state index is 0.0558. The van der Waals surface area contributed by atoms with Crippen LogP contribution in [0.2, 0.25) is 0 Å². The van der Waals surface area contributed by atoms with Gasteiger partial charge < -0.3 is 15.1 Å². The van der Waals surface area contributed by atoms with E-state index in [4.69, 9.17) is 4.42 Å². The standard InChI is InChI=1S/C19H25N7O/c1-19(2,3)15-10-21-16(27-15)11-23-18(20-4)22-9-13-6-5-7-14(8-13)17-24-12-25-26-17/h5-8,10,12H,9,11H2,1-4H3,(H2,20,22,23)(H,24,25,26). The van der Waals surface area contributed by atoms with Gasteiger partial charge in [-0.05, 0) is 11.6 Å². The van der Waals surface area contributed by atoms with Crippen molar-refractivity contribution in [2.75, 3.05) is 7.05 Å². The molecule has 0 unspecified atom stereocenters. The number of oxazole rings is 1. The molecular formula is C19H25N7O. The van der Waals surface area contributed by atoms with Crippen molar-refractivity contribution in [3.8, 4) is 11.4 Å². The Hall–Kier alpha value is -3.16. The van der Waals surface area contributed by atoms with Crippen LogP contribution in [0.1, 0.15) is 38.0 Å². The highest BCUT2D eigenvalue weighted by Gasteiger charge is 2.19. The number of rotatable bonds is 5. The van der Waals surface area contributed by atoms with Crippen LogP contribution in [-0.4, -0.2) is 33.2 Å². The third-order valence-electron chi connectivity index (χ3n) is 4.00. The first-order valence-corrected chi connectivity index (χ1v) is 8.80. The van der Waals surface area contributed by atoms with Crippen LogP contribution in [-0.2, 0) is 18.5 Å². The van der Waals surface area contributed by atoms with Crippen LogP contribution in [0.3, 0.4) is 0 Å². The van der Waals surface area contributed by atoms with Gasteiger partial charge in [-0.3, -0.25) is 10.1 Å². The molecule has 0 atom stereocenters. The number of nitrogens with one attached hydrogen (secondary N) is 3. The van der Waals surface area contributed by atoms with E-state index in [1.807, 2.05) is 18.2 Å². The molecular weight excluding hydrogens is 342 g/mol. The van der Waals surface area contributed by atoms with E-state index in [0.717, 1.165) is 22.7 Å². The van der Waals surface area contributed by atoms with Crippen LogP contribution >= 0.6 is 0 Å². The molecule has 0 radical (unpaired) electrons. The Bertz CT molecular complexity index is 891. The number of aliphatic imine (C=N–C) groups is 1. The number of H-pyrrole nitrogens is 1. The Kier molecular flexibility index (Phi) is 5.54. The van der Waals surface area contributed by atoms with Gasteiger partial charge in [0.15, 0.2) is 11.8 Å². The first-order chi connectivity index (χ1) is 13.0. The van der Waals surface area contributed by atoms with Gasteiger partial charge in [-0.25, -0.2) is 9.97 Å². The quantitative estimate of drug-likeness (QED) is 0.473. The Morgan fingerprint density at radius 3 is 2.67 bits per heavy atom. The van der Waals surface area contributed by atoms with E-state index in [2.05, 4.69) is 62.6 Å². The Morgan fingerprint density at radius 1 is 1.19 bits per heavy atom. The van der Waals surface area contributed by atoms with Gasteiger partial charge in [-0.1, -0.05) is 39.0 Å². The summed E-state index contributed by atoms with van der Waals surface area (Å²) < 4.78 is 5.79. The molecule has 1 aromatic carbocycles. The minimum atomic E-state index is -0.0558. The maximum atomic E-state index is 5.79. The van der Waals surface area contributed by atoms with E-state index in [9.17, 15) is 0 Å². The summed E-state index contributed by atoms with van der Waals surface area (Å²) in [5.41, 5.74) is 2.04. The highest BCUT2D eigenvalue weighted by Crippen LogP contribution is 2.22. The topological polar surface area (TPSA) is 104 Å². The van der Waals surface area contributed by atoms with E-state index in [0.29, 0.717) is 24.9 Å². The second-order valence-corrected chi connectivity index (χ2v) is 7.18. The normalized spacial score (nSPS) is 12.2. The summed E-state index contributed by atoms with van der Waals surface area (Å²) in [5.74, 6) is 2.93. The summed E-state index contributed by atoms with van der Waals surface area (Å²) in [6.45, 7) is 7.38. The maximum absolute atomic E-state index is 5.79. The van der Waals surface area contributed by atoms with Gasteiger partial charge in [0.05, 0.1) is 12.7 Å². The van der Waals surface area contributed by atoms with Crippen LogP contribution in [0.15, 0.2) is 46.2 Å². The molecule has 27 heavy (non-hydrogen) atoms. The molecule has 8 heteroatoms. The van der Waals surface area contributed by atoms with Crippen molar-refractivity contribution in [3.05, 3.63) is 54.0 Å². The molecule has 2 aromatic heterocycles. The van der Waals surface area contributed by atoms with Crippen molar-refractivity contribution in [1.29, 1.82) is 0 Å². The zero-order chi connectivity index (χ0) is 19.3. The number of benzene rings is 1. The van der Waals surface area contributed by atoms with E-state index in [-0.39, 0.29) is 5.41 Å². The van der Waals surface area contributed by atoms with Crippen molar-refractivity contribution in [3.63, 3.8) is 0 Å². The second kappa shape index (κ2) is 8.03. The number of hydrogen-bond acceptors (Lipinski definition) is 5. The van der Waals surface area contributed by atoms with Gasteiger partial charge in [0, 0.05) is 24.6 Å². The van der Waals surface area contributed by atoms with Crippen molar-refractivity contribution in [2.24, 2.45) is 4.99 Å². The lowest BCUT2D eigenvalue weighted by molar-refractivity contribution is 0.379. The third kappa shape index (κ3) is 4.93. The van der Waals surface area contributed by atoms with Gasteiger partial charge in [-0.15, -0.1) is 0 Å². The molecule has 3 rings (SSSR count). The predicted octanol–water partition coefficient (Wildman–Crippen LogP) is 2.62. The second-order valence-electron chi connectivity index (χ2n) is 7.18. The van der Waals surface area contributed by atoms with Gasteiger partial charge in [0.1, 0.15) is 12.1 Å². The van der Waals surface area contributed by atoms with E-state index >= 15 is 0 Å². The lowest BCUT2D eigenvalue weighted by Gasteiger charge is -2.13. The first-order valence-electron chi connectivity index (χ1n) is 8.80. The van der Waals surface area contributed by atoms with Crippen LogP contribution < -0.4 is 10.6 Å². The van der Waals surface area contributed by atoms with Gasteiger partial charge >= 0.3 is 0 Å². The molecule has 0 spiro atoms. The number of hydrogen-bond donors (Lipinski definition) is 3. The van der Waals surface area contributed by atoms with E-state index in [1.54, 1.807) is 13.2 Å². The van der Waals surface area contributed by atoms with Crippen molar-refractivity contribution in [2.45, 2.75) is 39.3 Å². The smallest absolute Gasteiger partial charge is 0.213 e. The molecule has 142 valence electrons. The Labute approximate surface area is 158 Å². The molecule has 0 aliphatic rings. The SMILES string of the molecule is CN=C(NCc1cccc(-c2ncn[nH]2)c1)NCc1ncc(C(C)(C)C)o1. The number of nitrogens with zero attached hydrogens (tertiary/aromatic N) is 4. The molecule has 0 fully saturated rings. The highest BCUT2D eigenvalue weighted by atomic mass is 16.4. The summed E-state index contributed by atoms with van der Waals surface area (Å²) in [5, 5.41) is 13.3. The average molecular weight is 367 g/mol. The zero-order valence-corrected chi connectivity index (χ0v) is 16.1. The van der Waals surface area contributed by atoms with Gasteiger partial charge in [-0.2, -0.15) is 5.10 Å². The predicted molar refractivity (Wildman–Crippen MR) is 104 cm³/mol. The monoisotopic (exact) mass is 367 g/mol. The maximum Gasteiger partial charge on any atom is 0.213 e. The highest BCUT2D eigenvalue weighted by molar-refractivity contribution is 5.79. The molecule has 2 heterocycles. The molecule has 3 N–H and O–H groups in total. The summed E-state index contributed by atoms with van der Waals surface area (Å²) >= 11 is 0. The lowest BCUT2D eigenvalue weighted by Crippen LogP contribution is -2.36. The Balaban J connectivity index is 1.55. The van der Waals surface area contributed by atoms with E-state index < -0.39 is 0 Å². The molecule has 0 aliphatic heterocycles. The molecule has 0 amide bonds. The molecule has 8 nitrogen and oxygen atoms in total. The Morgan fingerprint density at radius 2 is 2.00 bits per heavy atom. The first kappa shape index (κ1) is 18.6. The van der Waals surface area contributed by atoms with Crippen molar-refractivity contribution >= 4 is 5.96 Å². The largest absolute Gasteiger partial charge is 0.443 e. The van der Waals surface area contributed by atoms with Crippen molar-refractivity contribution < 1.29 is 4.42 Å². The molecule has 0 saturated carbocycles. The molecule has 0 bridgehead atoms. The van der Waals surface area contributed by atoms with Crippen LogP contribution in [0.5, 0.6) is 0 Å². The van der Waals surface area contributed by atoms with Gasteiger partial charge in [0.25, 0.3) is 0 Å². The molecule has 0 aliphatic carbocycles.